The van der Waals surface area contributed by atoms with Gasteiger partial charge >= 0.3 is 0 Å². The van der Waals surface area contributed by atoms with Gasteiger partial charge in [0.15, 0.2) is 0 Å². The summed E-state index contributed by atoms with van der Waals surface area (Å²) in [6.07, 6.45) is 12.7. The standard InChI is InChI=1S/C28H43F3O/c1-3-5-6-8-24-17-15-23(19-32-24)25-18-16-22(27(29)26(25)28(30)31)14-13-21-11-9-20(7-4-2)10-12-21/h16,18,20-21,23-24,28H,3-15,17,19H2,1-2H3. The number of aryl methyl sites for hydroxylation is 1. The van der Waals surface area contributed by atoms with Gasteiger partial charge in [-0.2, -0.15) is 0 Å². The van der Waals surface area contributed by atoms with E-state index in [1.54, 1.807) is 12.1 Å². The second-order valence-electron chi connectivity index (χ2n) is 10.3. The molecule has 1 aliphatic heterocycles. The fraction of sp³-hybridized carbons (Fsp3) is 0.786. The van der Waals surface area contributed by atoms with E-state index in [1.807, 2.05) is 0 Å². The predicted molar refractivity (Wildman–Crippen MR) is 126 cm³/mol. The third-order valence-corrected chi connectivity index (χ3v) is 7.94. The number of rotatable bonds is 11. The van der Waals surface area contributed by atoms with Crippen molar-refractivity contribution in [3.05, 3.63) is 34.6 Å². The fourth-order valence-corrected chi connectivity index (χ4v) is 5.90. The predicted octanol–water partition coefficient (Wildman–Crippen LogP) is 9.15. The maximum absolute atomic E-state index is 15.2. The normalized spacial score (nSPS) is 26.6. The Morgan fingerprint density at radius 2 is 1.59 bits per heavy atom. The molecule has 2 atom stereocenters. The fourth-order valence-electron chi connectivity index (χ4n) is 5.90. The van der Waals surface area contributed by atoms with Crippen LogP contribution in [0.4, 0.5) is 13.2 Å². The number of benzene rings is 1. The lowest BCUT2D eigenvalue weighted by molar-refractivity contribution is -0.00287. The van der Waals surface area contributed by atoms with Crippen LogP contribution >= 0.6 is 0 Å². The molecule has 4 heteroatoms. The summed E-state index contributed by atoms with van der Waals surface area (Å²) in [5.74, 6) is 0.663. The van der Waals surface area contributed by atoms with Crippen LogP contribution in [-0.4, -0.2) is 12.7 Å². The van der Waals surface area contributed by atoms with Gasteiger partial charge in [0.25, 0.3) is 6.43 Å². The minimum Gasteiger partial charge on any atom is -0.378 e. The average molecular weight is 453 g/mol. The van der Waals surface area contributed by atoms with Crippen LogP contribution in [0, 0.1) is 17.7 Å². The van der Waals surface area contributed by atoms with E-state index in [4.69, 9.17) is 4.74 Å². The minimum atomic E-state index is -2.78. The van der Waals surface area contributed by atoms with Crippen LogP contribution < -0.4 is 0 Å². The highest BCUT2D eigenvalue weighted by molar-refractivity contribution is 5.37. The molecule has 182 valence electrons. The van der Waals surface area contributed by atoms with Crippen LogP contribution in [0.3, 0.4) is 0 Å². The average Bonchev–Trinajstić information content (AvgIpc) is 2.80. The van der Waals surface area contributed by atoms with Gasteiger partial charge in [-0.1, -0.05) is 83.8 Å². The molecule has 0 N–H and O–H groups in total. The summed E-state index contributed by atoms with van der Waals surface area (Å²) in [5, 5.41) is 0. The number of unbranched alkanes of at least 4 members (excludes halogenated alkanes) is 2. The molecule has 0 spiro atoms. The van der Waals surface area contributed by atoms with Gasteiger partial charge in [-0.3, -0.25) is 0 Å². The Bertz CT molecular complexity index is 674. The molecule has 0 radical (unpaired) electrons. The highest BCUT2D eigenvalue weighted by Gasteiger charge is 2.30. The van der Waals surface area contributed by atoms with Crippen LogP contribution in [0.1, 0.15) is 126 Å². The zero-order valence-electron chi connectivity index (χ0n) is 20.2. The summed E-state index contributed by atoms with van der Waals surface area (Å²) >= 11 is 0. The maximum Gasteiger partial charge on any atom is 0.266 e. The molecule has 0 aromatic heterocycles. The Kier molecular flexibility index (Phi) is 10.4. The highest BCUT2D eigenvalue weighted by atomic mass is 19.3. The van der Waals surface area contributed by atoms with Crippen molar-refractivity contribution in [3.63, 3.8) is 0 Å². The molecule has 2 fully saturated rings. The summed E-state index contributed by atoms with van der Waals surface area (Å²) in [5.41, 5.74) is 0.564. The smallest absolute Gasteiger partial charge is 0.266 e. The minimum absolute atomic E-state index is 0.126. The lowest BCUT2D eigenvalue weighted by Gasteiger charge is -2.31. The first-order valence-electron chi connectivity index (χ1n) is 13.2. The molecule has 1 nitrogen and oxygen atoms in total. The van der Waals surface area contributed by atoms with E-state index in [0.717, 1.165) is 38.0 Å². The van der Waals surface area contributed by atoms with Crippen LogP contribution in [0.15, 0.2) is 12.1 Å². The number of ether oxygens (including phenoxy) is 1. The third-order valence-electron chi connectivity index (χ3n) is 7.94. The molecule has 1 saturated carbocycles. The molecular weight excluding hydrogens is 409 g/mol. The van der Waals surface area contributed by atoms with Crippen molar-refractivity contribution in [1.82, 2.24) is 0 Å². The van der Waals surface area contributed by atoms with E-state index >= 15 is 4.39 Å². The zero-order valence-corrected chi connectivity index (χ0v) is 20.2. The van der Waals surface area contributed by atoms with E-state index < -0.39 is 12.2 Å². The van der Waals surface area contributed by atoms with Gasteiger partial charge in [0.2, 0.25) is 0 Å². The van der Waals surface area contributed by atoms with Gasteiger partial charge in [-0.15, -0.1) is 0 Å². The van der Waals surface area contributed by atoms with Crippen molar-refractivity contribution in [2.24, 2.45) is 11.8 Å². The largest absolute Gasteiger partial charge is 0.378 e. The van der Waals surface area contributed by atoms with Crippen molar-refractivity contribution in [2.75, 3.05) is 6.61 Å². The molecule has 1 aliphatic carbocycles. The Morgan fingerprint density at radius 3 is 2.19 bits per heavy atom. The first-order valence-corrected chi connectivity index (χ1v) is 13.2. The second-order valence-corrected chi connectivity index (χ2v) is 10.3. The first kappa shape index (κ1) is 25.6. The molecule has 1 saturated heterocycles. The molecule has 1 aromatic carbocycles. The van der Waals surface area contributed by atoms with Gasteiger partial charge < -0.3 is 4.74 Å². The Morgan fingerprint density at radius 1 is 0.875 bits per heavy atom. The van der Waals surface area contributed by atoms with E-state index in [2.05, 4.69) is 13.8 Å². The first-order chi connectivity index (χ1) is 15.5. The summed E-state index contributed by atoms with van der Waals surface area (Å²) in [6, 6.07) is 3.54. The van der Waals surface area contributed by atoms with Crippen molar-refractivity contribution in [1.29, 1.82) is 0 Å². The van der Waals surface area contributed by atoms with Crippen LogP contribution in [0.5, 0.6) is 0 Å². The van der Waals surface area contributed by atoms with Gasteiger partial charge in [-0.05, 0) is 55.1 Å². The summed E-state index contributed by atoms with van der Waals surface area (Å²) in [7, 11) is 0. The molecule has 0 amide bonds. The molecule has 3 rings (SSSR count). The monoisotopic (exact) mass is 452 g/mol. The van der Waals surface area contributed by atoms with Crippen LogP contribution in [-0.2, 0) is 11.2 Å². The summed E-state index contributed by atoms with van der Waals surface area (Å²) < 4.78 is 49.1. The second kappa shape index (κ2) is 13.0. The number of hydrogen-bond acceptors (Lipinski definition) is 1. The Labute approximate surface area is 193 Å². The van der Waals surface area contributed by atoms with E-state index in [9.17, 15) is 8.78 Å². The summed E-state index contributed by atoms with van der Waals surface area (Å²) in [4.78, 5) is 0. The lowest BCUT2D eigenvalue weighted by Crippen LogP contribution is -2.25. The summed E-state index contributed by atoms with van der Waals surface area (Å²) in [6.45, 7) is 4.85. The molecule has 1 heterocycles. The molecule has 2 aliphatic rings. The number of hydrogen-bond donors (Lipinski definition) is 0. The number of alkyl halides is 2. The van der Waals surface area contributed by atoms with Gasteiger partial charge in [0.1, 0.15) is 5.82 Å². The molecule has 0 bridgehead atoms. The highest BCUT2D eigenvalue weighted by Crippen LogP contribution is 2.39. The lowest BCUT2D eigenvalue weighted by atomic mass is 9.78. The van der Waals surface area contributed by atoms with E-state index in [-0.39, 0.29) is 17.6 Å². The molecule has 32 heavy (non-hydrogen) atoms. The topological polar surface area (TPSA) is 9.23 Å². The molecule has 2 unspecified atom stereocenters. The SMILES string of the molecule is CCCCCC1CCC(c2ccc(CCC3CCC(CCC)CC3)c(F)c2C(F)F)CO1. The van der Waals surface area contributed by atoms with Gasteiger partial charge in [-0.25, -0.2) is 13.2 Å². The van der Waals surface area contributed by atoms with Crippen molar-refractivity contribution in [3.8, 4) is 0 Å². The Hall–Kier alpha value is -1.03. The molecule has 1 aromatic rings. The third kappa shape index (κ3) is 6.98. The van der Waals surface area contributed by atoms with Crippen molar-refractivity contribution < 1.29 is 17.9 Å². The van der Waals surface area contributed by atoms with E-state index in [0.29, 0.717) is 30.1 Å². The molecular formula is C28H43F3O. The van der Waals surface area contributed by atoms with E-state index in [1.165, 1.54) is 51.4 Å². The quantitative estimate of drug-likeness (QED) is 0.304. The van der Waals surface area contributed by atoms with Crippen LogP contribution in [0.25, 0.3) is 0 Å². The number of halogens is 3. The van der Waals surface area contributed by atoms with Gasteiger partial charge in [0, 0.05) is 5.92 Å². The van der Waals surface area contributed by atoms with Crippen LogP contribution in [0.2, 0.25) is 0 Å². The maximum atomic E-state index is 15.2. The van der Waals surface area contributed by atoms with Gasteiger partial charge in [0.05, 0.1) is 18.3 Å². The van der Waals surface area contributed by atoms with Crippen molar-refractivity contribution in [2.45, 2.75) is 122 Å². The van der Waals surface area contributed by atoms with Crippen molar-refractivity contribution >= 4 is 0 Å². The Balaban J connectivity index is 1.58. The zero-order chi connectivity index (χ0) is 22.9.